The molecule has 1 aliphatic rings. The molecule has 1 aliphatic heterocycles. The average Bonchev–Trinajstić information content (AvgIpc) is 2.66. The first-order valence-corrected chi connectivity index (χ1v) is 12.7. The van der Waals surface area contributed by atoms with Crippen LogP contribution in [0.4, 0.5) is 0 Å². The van der Waals surface area contributed by atoms with Crippen molar-refractivity contribution in [2.45, 2.75) is 137 Å². The number of nitrogens with zero attached hydrogens (tertiary/aromatic N) is 1. The first-order chi connectivity index (χ1) is 13.7. The summed E-state index contributed by atoms with van der Waals surface area (Å²) < 4.78 is 0. The number of carboxylic acids is 1. The molecule has 1 fully saturated rings. The van der Waals surface area contributed by atoms with Crippen LogP contribution in [0.2, 0.25) is 0 Å². The molecule has 3 heteroatoms. The summed E-state index contributed by atoms with van der Waals surface area (Å²) in [7, 11) is 0. The summed E-state index contributed by atoms with van der Waals surface area (Å²) >= 11 is 0. The van der Waals surface area contributed by atoms with E-state index < -0.39 is 11.4 Å². The molecule has 0 radical (unpaired) electrons. The predicted octanol–water partition coefficient (Wildman–Crippen LogP) is 7.68. The Hall–Kier alpha value is -0.570. The summed E-state index contributed by atoms with van der Waals surface area (Å²) in [4.78, 5) is 14.3. The molecule has 0 aromatic rings. The Morgan fingerprint density at radius 2 is 1.34 bits per heavy atom. The summed E-state index contributed by atoms with van der Waals surface area (Å²) in [6.45, 7) is 13.2. The van der Waals surface area contributed by atoms with Crippen LogP contribution in [0.3, 0.4) is 0 Å². The van der Waals surface area contributed by atoms with Gasteiger partial charge in [-0.3, -0.25) is 4.79 Å². The van der Waals surface area contributed by atoms with Crippen LogP contribution in [0.25, 0.3) is 0 Å². The summed E-state index contributed by atoms with van der Waals surface area (Å²) in [5.41, 5.74) is -0.353. The predicted molar refractivity (Wildman–Crippen MR) is 125 cm³/mol. The highest BCUT2D eigenvalue weighted by atomic mass is 16.4. The molecule has 0 bridgehead atoms. The topological polar surface area (TPSA) is 40.5 Å². The molecule has 0 spiro atoms. The fraction of sp³-hybridized carbons (Fsp3) is 0.962. The summed E-state index contributed by atoms with van der Waals surface area (Å²) in [5.74, 6) is -0.656. The van der Waals surface area contributed by atoms with E-state index in [0.717, 1.165) is 25.9 Å². The van der Waals surface area contributed by atoms with Gasteiger partial charge in [0.2, 0.25) is 0 Å². The van der Waals surface area contributed by atoms with E-state index in [1.165, 1.54) is 83.5 Å². The Kier molecular flexibility index (Phi) is 12.5. The van der Waals surface area contributed by atoms with Crippen LogP contribution >= 0.6 is 0 Å². The van der Waals surface area contributed by atoms with Gasteiger partial charge >= 0.3 is 5.97 Å². The first-order valence-electron chi connectivity index (χ1n) is 12.7. The molecule has 0 amide bonds. The van der Waals surface area contributed by atoms with Crippen LogP contribution in [-0.2, 0) is 4.79 Å². The normalized spacial score (nSPS) is 17.4. The molecule has 29 heavy (non-hydrogen) atoms. The zero-order valence-electron chi connectivity index (χ0n) is 20.4. The number of rotatable bonds is 16. The number of carbonyl (C=O) groups is 1. The number of hydrogen-bond acceptors (Lipinski definition) is 2. The van der Waals surface area contributed by atoms with Crippen LogP contribution in [0.15, 0.2) is 0 Å². The lowest BCUT2D eigenvalue weighted by atomic mass is 9.75. The highest BCUT2D eigenvalue weighted by molar-refractivity contribution is 5.73. The van der Waals surface area contributed by atoms with Gasteiger partial charge in [-0.25, -0.2) is 0 Å². The summed E-state index contributed by atoms with van der Waals surface area (Å²) in [6, 6.07) is 0.398. The van der Waals surface area contributed by atoms with Crippen molar-refractivity contribution in [1.29, 1.82) is 0 Å². The Labute approximate surface area is 182 Å². The van der Waals surface area contributed by atoms with Crippen molar-refractivity contribution < 1.29 is 9.90 Å². The van der Waals surface area contributed by atoms with Crippen LogP contribution in [0.1, 0.15) is 131 Å². The van der Waals surface area contributed by atoms with Crippen LogP contribution < -0.4 is 0 Å². The molecule has 0 saturated carbocycles. The number of unbranched alkanes of at least 4 members (excludes halogenated alkanes) is 8. The lowest BCUT2D eigenvalue weighted by Gasteiger charge is -2.41. The standard InChI is InChI=1S/C26H51NO2/c1-6-7-8-9-10-11-12-13-15-18-25(2,3)21-23(22-26(4,5)24(28)29)27-19-16-14-17-20-27/h23H,6-22H2,1-5H3,(H,28,29). The zero-order chi connectivity index (χ0) is 21.8. The molecule has 1 saturated heterocycles. The van der Waals surface area contributed by atoms with Gasteiger partial charge in [-0.05, 0) is 64.5 Å². The Balaban J connectivity index is 2.43. The molecule has 3 nitrogen and oxygen atoms in total. The Bertz CT molecular complexity index is 438. The van der Waals surface area contributed by atoms with Gasteiger partial charge in [0, 0.05) is 6.04 Å². The monoisotopic (exact) mass is 409 g/mol. The molecular formula is C26H51NO2. The molecule has 1 unspecified atom stereocenters. The van der Waals surface area contributed by atoms with E-state index in [1.807, 2.05) is 13.8 Å². The molecule has 1 atom stereocenters. The fourth-order valence-corrected chi connectivity index (χ4v) is 4.94. The number of hydrogen-bond donors (Lipinski definition) is 1. The van der Waals surface area contributed by atoms with E-state index in [2.05, 4.69) is 25.7 Å². The summed E-state index contributed by atoms with van der Waals surface area (Å²) in [6.07, 6.45) is 19.4. The lowest BCUT2D eigenvalue weighted by Crippen LogP contribution is -2.45. The van der Waals surface area contributed by atoms with Crippen molar-refractivity contribution in [2.75, 3.05) is 13.1 Å². The minimum absolute atomic E-state index is 0.290. The van der Waals surface area contributed by atoms with Gasteiger partial charge < -0.3 is 10.0 Å². The molecule has 1 heterocycles. The number of carboxylic acid groups (broad SMARTS) is 1. The van der Waals surface area contributed by atoms with Gasteiger partial charge in [0.1, 0.15) is 0 Å². The minimum atomic E-state index is -0.656. The third kappa shape index (κ3) is 11.4. The van der Waals surface area contributed by atoms with Crippen LogP contribution in [0, 0.1) is 10.8 Å². The van der Waals surface area contributed by atoms with Crippen molar-refractivity contribution in [3.05, 3.63) is 0 Å². The minimum Gasteiger partial charge on any atom is -0.481 e. The van der Waals surface area contributed by atoms with Crippen molar-refractivity contribution in [2.24, 2.45) is 10.8 Å². The molecule has 0 aliphatic carbocycles. The van der Waals surface area contributed by atoms with Gasteiger partial charge in [-0.2, -0.15) is 0 Å². The van der Waals surface area contributed by atoms with E-state index in [4.69, 9.17) is 0 Å². The van der Waals surface area contributed by atoms with Gasteiger partial charge in [-0.1, -0.05) is 85.0 Å². The van der Waals surface area contributed by atoms with Crippen molar-refractivity contribution >= 4 is 5.97 Å². The lowest BCUT2D eigenvalue weighted by molar-refractivity contribution is -0.148. The number of aliphatic carboxylic acids is 1. The number of likely N-dealkylation sites (tertiary alicyclic amines) is 1. The average molecular weight is 410 g/mol. The second-order valence-corrected chi connectivity index (χ2v) is 11.1. The third-order valence-corrected chi connectivity index (χ3v) is 6.98. The van der Waals surface area contributed by atoms with E-state index in [-0.39, 0.29) is 5.41 Å². The van der Waals surface area contributed by atoms with E-state index >= 15 is 0 Å². The van der Waals surface area contributed by atoms with Crippen molar-refractivity contribution in [3.63, 3.8) is 0 Å². The third-order valence-electron chi connectivity index (χ3n) is 6.98. The molecule has 1 rings (SSSR count). The first kappa shape index (κ1) is 26.5. The smallest absolute Gasteiger partial charge is 0.309 e. The quantitative estimate of drug-likeness (QED) is 0.266. The Morgan fingerprint density at radius 1 is 0.828 bits per heavy atom. The second-order valence-electron chi connectivity index (χ2n) is 11.1. The summed E-state index contributed by atoms with van der Waals surface area (Å²) in [5, 5.41) is 9.66. The van der Waals surface area contributed by atoms with Gasteiger partial charge in [-0.15, -0.1) is 0 Å². The Morgan fingerprint density at radius 3 is 1.86 bits per heavy atom. The van der Waals surface area contributed by atoms with Gasteiger partial charge in [0.25, 0.3) is 0 Å². The van der Waals surface area contributed by atoms with E-state index in [0.29, 0.717) is 6.04 Å². The maximum absolute atomic E-state index is 11.7. The highest BCUT2D eigenvalue weighted by Gasteiger charge is 2.36. The van der Waals surface area contributed by atoms with E-state index in [1.54, 1.807) is 0 Å². The molecule has 0 aromatic carbocycles. The fourth-order valence-electron chi connectivity index (χ4n) is 4.94. The largest absolute Gasteiger partial charge is 0.481 e. The van der Waals surface area contributed by atoms with E-state index in [9.17, 15) is 9.90 Å². The van der Waals surface area contributed by atoms with Gasteiger partial charge in [0.15, 0.2) is 0 Å². The number of piperidine rings is 1. The second kappa shape index (κ2) is 13.7. The maximum Gasteiger partial charge on any atom is 0.309 e. The molecular weight excluding hydrogens is 358 g/mol. The zero-order valence-corrected chi connectivity index (χ0v) is 20.4. The van der Waals surface area contributed by atoms with Crippen molar-refractivity contribution in [1.82, 2.24) is 4.90 Å². The van der Waals surface area contributed by atoms with Crippen LogP contribution in [-0.4, -0.2) is 35.1 Å². The van der Waals surface area contributed by atoms with Gasteiger partial charge in [0.05, 0.1) is 5.41 Å². The molecule has 0 aromatic heterocycles. The highest BCUT2D eigenvalue weighted by Crippen LogP contribution is 2.36. The van der Waals surface area contributed by atoms with Crippen LogP contribution in [0.5, 0.6) is 0 Å². The SMILES string of the molecule is CCCCCCCCCCCC(C)(C)CC(CC(C)(C)C(=O)O)N1CCCCC1. The van der Waals surface area contributed by atoms with Crippen molar-refractivity contribution in [3.8, 4) is 0 Å². The molecule has 172 valence electrons. The molecule has 1 N–H and O–H groups in total. The maximum atomic E-state index is 11.7.